The van der Waals surface area contributed by atoms with Gasteiger partial charge < -0.3 is 9.84 Å². The molecule has 34 heavy (non-hydrogen) atoms. The van der Waals surface area contributed by atoms with E-state index < -0.39 is 54.1 Å². The summed E-state index contributed by atoms with van der Waals surface area (Å²) in [4.78, 5) is 26.5. The third-order valence-electron chi connectivity index (χ3n) is 5.82. The molecule has 0 amide bonds. The number of hydrogen-bond acceptors (Lipinski definition) is 8. The number of rotatable bonds is 6. The van der Waals surface area contributed by atoms with E-state index in [1.807, 2.05) is 19.6 Å². The van der Waals surface area contributed by atoms with Gasteiger partial charge in [-0.2, -0.15) is 0 Å². The minimum absolute atomic E-state index is 0.0180. The number of aromatic nitrogens is 5. The van der Waals surface area contributed by atoms with Crippen molar-refractivity contribution >= 4 is 23.2 Å². The normalized spacial score (nSPS) is 21.1. The van der Waals surface area contributed by atoms with Crippen LogP contribution in [0.25, 0.3) is 0 Å². The number of ether oxygens (including phenoxy) is 1. The van der Waals surface area contributed by atoms with Gasteiger partial charge in [0.25, 0.3) is 5.56 Å². The Hall–Kier alpha value is -2.87. The number of aliphatic hydroxyl groups is 1. The number of aliphatic hydroxyl groups excluding tert-OH is 1. The molecule has 1 aromatic carbocycles. The van der Waals surface area contributed by atoms with Gasteiger partial charge in [-0.15, -0.1) is 5.10 Å². The lowest BCUT2D eigenvalue weighted by Crippen LogP contribution is -2.42. The van der Waals surface area contributed by atoms with E-state index in [0.29, 0.717) is 10.9 Å². The number of hydrogen-bond donors (Lipinski definition) is 2. The van der Waals surface area contributed by atoms with Gasteiger partial charge in [0, 0.05) is 18.2 Å². The first-order valence-electron chi connectivity index (χ1n) is 10.8. The number of nitrogens with one attached hydrogen (secondary N) is 1. The second-order valence-electron chi connectivity index (χ2n) is 9.35. The summed E-state index contributed by atoms with van der Waals surface area (Å²) in [6, 6.07) is 7.34. The highest BCUT2D eigenvalue weighted by molar-refractivity contribution is 7.91. The summed E-state index contributed by atoms with van der Waals surface area (Å²) < 4.78 is 36.0. The molecule has 0 bridgehead atoms. The standard InChI is InChI=1S/C21H27N5O6SSi/c1-13-11-25(21(29)22-18(13)28)17-10-15(16(12-27)32-17)26-20(19(23-24-26)34(2,3)4)33(30,31)14-8-6-5-7-9-14/h5-9,11,15-17,27H,10,12H2,1-4H3,(H,22,28,29)/t15-,16+,17+/m0/s1. The van der Waals surface area contributed by atoms with Crippen LogP contribution in [0, 0.1) is 6.92 Å². The molecule has 0 saturated carbocycles. The van der Waals surface area contributed by atoms with Crippen LogP contribution in [0.3, 0.4) is 0 Å². The molecule has 1 fully saturated rings. The average molecular weight is 506 g/mol. The van der Waals surface area contributed by atoms with E-state index >= 15 is 0 Å². The maximum Gasteiger partial charge on any atom is 0.330 e. The highest BCUT2D eigenvalue weighted by Crippen LogP contribution is 2.37. The van der Waals surface area contributed by atoms with Crippen LogP contribution in [0.5, 0.6) is 0 Å². The predicted octanol–water partition coefficient (Wildman–Crippen LogP) is 0.336. The molecule has 3 aromatic rings. The third-order valence-corrected chi connectivity index (χ3v) is 9.55. The summed E-state index contributed by atoms with van der Waals surface area (Å²) in [5.74, 6) is 0. The predicted molar refractivity (Wildman–Crippen MR) is 126 cm³/mol. The van der Waals surface area contributed by atoms with Crippen LogP contribution in [0.1, 0.15) is 24.3 Å². The van der Waals surface area contributed by atoms with Gasteiger partial charge in [-0.25, -0.2) is 17.9 Å². The molecule has 3 heterocycles. The van der Waals surface area contributed by atoms with Gasteiger partial charge in [0.05, 0.1) is 22.9 Å². The quantitative estimate of drug-likeness (QED) is 0.455. The van der Waals surface area contributed by atoms with Crippen molar-refractivity contribution in [2.75, 3.05) is 6.61 Å². The van der Waals surface area contributed by atoms with Crippen LogP contribution in [0.2, 0.25) is 19.6 Å². The van der Waals surface area contributed by atoms with Crippen molar-refractivity contribution in [1.29, 1.82) is 0 Å². The first-order chi connectivity index (χ1) is 15.9. The van der Waals surface area contributed by atoms with Crippen LogP contribution >= 0.6 is 0 Å². The summed E-state index contributed by atoms with van der Waals surface area (Å²) in [6.07, 6.45) is -0.149. The number of sulfone groups is 1. The number of nitrogens with zero attached hydrogens (tertiary/aromatic N) is 4. The molecular formula is C21H27N5O6SSi. The summed E-state index contributed by atoms with van der Waals surface area (Å²) in [6.45, 7) is 7.07. The lowest BCUT2D eigenvalue weighted by molar-refractivity contribution is -0.0329. The summed E-state index contributed by atoms with van der Waals surface area (Å²) in [5, 5.41) is 18.9. The van der Waals surface area contributed by atoms with E-state index in [2.05, 4.69) is 15.3 Å². The molecule has 182 valence electrons. The van der Waals surface area contributed by atoms with E-state index in [1.54, 1.807) is 25.1 Å². The van der Waals surface area contributed by atoms with Gasteiger partial charge in [-0.1, -0.05) is 43.1 Å². The number of aromatic amines is 1. The fourth-order valence-corrected chi connectivity index (χ4v) is 7.92. The van der Waals surface area contributed by atoms with Crippen molar-refractivity contribution in [3.8, 4) is 0 Å². The first kappa shape index (κ1) is 24.3. The van der Waals surface area contributed by atoms with Crippen LogP contribution in [0.4, 0.5) is 0 Å². The Bertz CT molecular complexity index is 1420. The molecule has 4 rings (SSSR count). The molecule has 0 spiro atoms. The van der Waals surface area contributed by atoms with Gasteiger partial charge in [-0.05, 0) is 19.1 Å². The smallest absolute Gasteiger partial charge is 0.330 e. The van der Waals surface area contributed by atoms with Gasteiger partial charge in [0.2, 0.25) is 9.84 Å². The maximum absolute atomic E-state index is 13.7. The van der Waals surface area contributed by atoms with Crippen molar-refractivity contribution in [2.45, 2.75) is 61.3 Å². The molecule has 11 nitrogen and oxygen atoms in total. The number of benzene rings is 1. The van der Waals surface area contributed by atoms with Crippen molar-refractivity contribution in [3.05, 3.63) is 62.9 Å². The zero-order valence-corrected chi connectivity index (χ0v) is 21.1. The largest absolute Gasteiger partial charge is 0.394 e. The Labute approximate surface area is 197 Å². The van der Waals surface area contributed by atoms with Gasteiger partial charge in [0.15, 0.2) is 5.03 Å². The zero-order valence-electron chi connectivity index (χ0n) is 19.3. The monoisotopic (exact) mass is 505 g/mol. The van der Waals surface area contributed by atoms with Crippen LogP contribution in [-0.2, 0) is 14.6 Å². The highest BCUT2D eigenvalue weighted by Gasteiger charge is 2.43. The fourth-order valence-electron chi connectivity index (χ4n) is 4.04. The Balaban J connectivity index is 1.85. The molecule has 2 aromatic heterocycles. The Morgan fingerprint density at radius 3 is 2.50 bits per heavy atom. The Morgan fingerprint density at radius 2 is 1.88 bits per heavy atom. The second kappa shape index (κ2) is 8.72. The SMILES string of the molecule is Cc1cn([C@H]2C[C@H](n3nnc([Si](C)(C)C)c3S(=O)(=O)c3ccccc3)[C@@H](CO)O2)c(=O)[nH]c1=O. The molecule has 13 heteroatoms. The minimum atomic E-state index is -3.99. The van der Waals surface area contributed by atoms with Gasteiger partial charge >= 0.3 is 5.69 Å². The second-order valence-corrected chi connectivity index (χ2v) is 16.2. The fraction of sp³-hybridized carbons (Fsp3) is 0.429. The van der Waals surface area contributed by atoms with Gasteiger partial charge in [-0.3, -0.25) is 14.3 Å². The molecule has 2 N–H and O–H groups in total. The van der Waals surface area contributed by atoms with Crippen LogP contribution in [-0.4, -0.2) is 58.9 Å². The molecule has 0 aliphatic carbocycles. The summed E-state index contributed by atoms with van der Waals surface area (Å²) >= 11 is 0. The minimum Gasteiger partial charge on any atom is -0.394 e. The maximum atomic E-state index is 13.7. The average Bonchev–Trinajstić information content (AvgIpc) is 3.41. The van der Waals surface area contributed by atoms with Crippen LogP contribution < -0.4 is 16.6 Å². The Kier molecular flexibility index (Phi) is 6.22. The van der Waals surface area contributed by atoms with E-state index in [1.165, 1.54) is 27.6 Å². The number of H-pyrrole nitrogens is 1. The van der Waals surface area contributed by atoms with Crippen molar-refractivity contribution in [3.63, 3.8) is 0 Å². The van der Waals surface area contributed by atoms with E-state index in [4.69, 9.17) is 4.74 Å². The molecule has 1 saturated heterocycles. The summed E-state index contributed by atoms with van der Waals surface area (Å²) in [7, 11) is -6.25. The number of aryl methyl sites for hydroxylation is 1. The lowest BCUT2D eigenvalue weighted by atomic mass is 10.1. The highest BCUT2D eigenvalue weighted by atomic mass is 32.2. The molecular weight excluding hydrogens is 478 g/mol. The molecule has 0 unspecified atom stereocenters. The van der Waals surface area contributed by atoms with E-state index in [-0.39, 0.29) is 16.3 Å². The van der Waals surface area contributed by atoms with Crippen molar-refractivity contribution in [2.24, 2.45) is 0 Å². The molecule has 3 atom stereocenters. The van der Waals surface area contributed by atoms with Crippen molar-refractivity contribution < 1.29 is 18.3 Å². The molecule has 1 aliphatic heterocycles. The summed E-state index contributed by atoms with van der Waals surface area (Å²) in [5.41, 5.74) is -0.834. The Morgan fingerprint density at radius 1 is 1.21 bits per heavy atom. The van der Waals surface area contributed by atoms with Crippen LogP contribution in [0.15, 0.2) is 56.0 Å². The molecule has 0 radical (unpaired) electrons. The van der Waals surface area contributed by atoms with Gasteiger partial charge in [0.1, 0.15) is 20.4 Å². The van der Waals surface area contributed by atoms with E-state index in [9.17, 15) is 23.1 Å². The topological polar surface area (TPSA) is 149 Å². The van der Waals surface area contributed by atoms with Crippen molar-refractivity contribution in [1.82, 2.24) is 24.5 Å². The molecule has 1 aliphatic rings. The van der Waals surface area contributed by atoms with E-state index in [0.717, 1.165) is 0 Å². The third kappa shape index (κ3) is 4.19. The first-order valence-corrected chi connectivity index (χ1v) is 15.8. The lowest BCUT2D eigenvalue weighted by Gasteiger charge is -2.20. The zero-order chi connectivity index (χ0) is 24.8.